The van der Waals surface area contributed by atoms with Crippen molar-refractivity contribution in [1.29, 1.82) is 0 Å². The lowest BCUT2D eigenvalue weighted by Gasteiger charge is -2.28. The molecule has 8 heteroatoms. The van der Waals surface area contributed by atoms with E-state index in [1.165, 1.54) is 25.3 Å². The van der Waals surface area contributed by atoms with Crippen LogP contribution in [-0.2, 0) is 9.53 Å². The molecule has 0 bridgehead atoms. The van der Waals surface area contributed by atoms with Gasteiger partial charge in [-0.15, -0.1) is 12.4 Å². The van der Waals surface area contributed by atoms with Crippen LogP contribution in [0.2, 0.25) is 5.02 Å². The quantitative estimate of drug-likeness (QED) is 0.522. The maximum atomic E-state index is 11.7. The van der Waals surface area contributed by atoms with Crippen molar-refractivity contribution in [2.45, 2.75) is 19.9 Å². The molecule has 1 rings (SSSR count). The molecule has 0 unspecified atom stereocenters. The second-order valence-corrected chi connectivity index (χ2v) is 5.09. The number of nitro benzene ring substituents is 1. The Morgan fingerprint density at radius 1 is 1.50 bits per heavy atom. The Bertz CT molecular complexity index is 520. The molecule has 1 aromatic carbocycles. The minimum atomic E-state index is -1.11. The highest BCUT2D eigenvalue weighted by atomic mass is 35.5. The number of nitro groups is 1. The van der Waals surface area contributed by atoms with Crippen LogP contribution in [0.3, 0.4) is 0 Å². The number of rotatable bonds is 4. The Balaban J connectivity index is 0.00000361. The molecular weight excluding hydrogens is 307 g/mol. The first-order chi connectivity index (χ1) is 8.71. The summed E-state index contributed by atoms with van der Waals surface area (Å²) in [6.07, 6.45) is 0. The molecule has 6 nitrogen and oxygen atoms in total. The van der Waals surface area contributed by atoms with E-state index in [-0.39, 0.29) is 23.7 Å². The summed E-state index contributed by atoms with van der Waals surface area (Å²) in [5.74, 6) is -0.547. The largest absolute Gasteiger partial charge is 0.469 e. The first-order valence-electron chi connectivity index (χ1n) is 5.49. The number of hydrogen-bond donors (Lipinski definition) is 1. The van der Waals surface area contributed by atoms with Gasteiger partial charge in [-0.2, -0.15) is 0 Å². The van der Waals surface area contributed by atoms with E-state index in [1.54, 1.807) is 13.8 Å². The van der Waals surface area contributed by atoms with Gasteiger partial charge in [-0.1, -0.05) is 11.6 Å². The Morgan fingerprint density at radius 3 is 2.50 bits per heavy atom. The van der Waals surface area contributed by atoms with E-state index in [1.807, 2.05) is 0 Å². The monoisotopic (exact) mass is 322 g/mol. The van der Waals surface area contributed by atoms with Crippen molar-refractivity contribution in [2.75, 3.05) is 7.11 Å². The summed E-state index contributed by atoms with van der Waals surface area (Å²) in [5.41, 5.74) is 4.92. The summed E-state index contributed by atoms with van der Waals surface area (Å²) < 4.78 is 4.67. The van der Waals surface area contributed by atoms with Crippen molar-refractivity contribution in [3.8, 4) is 0 Å². The highest BCUT2D eigenvalue weighted by Gasteiger charge is 2.39. The number of carbonyl (C=O) groups is 1. The predicted octanol–water partition coefficient (Wildman–Crippen LogP) is 2.87. The Labute approximate surface area is 127 Å². The van der Waals surface area contributed by atoms with Gasteiger partial charge in [-0.3, -0.25) is 14.9 Å². The first-order valence-corrected chi connectivity index (χ1v) is 5.87. The van der Waals surface area contributed by atoms with Crippen molar-refractivity contribution >= 4 is 35.7 Å². The lowest BCUT2D eigenvalue weighted by molar-refractivity contribution is -0.385. The smallest absolute Gasteiger partial charge is 0.313 e. The number of ether oxygens (including phenoxy) is 1. The third kappa shape index (κ3) is 3.59. The van der Waals surface area contributed by atoms with E-state index in [4.69, 9.17) is 17.3 Å². The highest BCUT2D eigenvalue weighted by Crippen LogP contribution is 2.37. The van der Waals surface area contributed by atoms with E-state index in [0.717, 1.165) is 0 Å². The van der Waals surface area contributed by atoms with Gasteiger partial charge in [-0.05, 0) is 26.0 Å². The second-order valence-electron chi connectivity index (χ2n) is 4.65. The van der Waals surface area contributed by atoms with Crippen LogP contribution in [0.15, 0.2) is 18.2 Å². The second kappa shape index (κ2) is 6.88. The van der Waals surface area contributed by atoms with Crippen LogP contribution in [0.25, 0.3) is 0 Å². The SMILES string of the molecule is COC(=O)C(C)(C)[C@@H](N)c1cc(Cl)ccc1[N+](=O)[O-].Cl. The first kappa shape index (κ1) is 18.6. The topological polar surface area (TPSA) is 95.5 Å². The third-order valence-corrected chi connectivity index (χ3v) is 3.25. The summed E-state index contributed by atoms with van der Waals surface area (Å²) in [7, 11) is 1.24. The summed E-state index contributed by atoms with van der Waals surface area (Å²) >= 11 is 5.83. The molecule has 0 spiro atoms. The molecule has 0 aromatic heterocycles. The average molecular weight is 323 g/mol. The minimum Gasteiger partial charge on any atom is -0.469 e. The molecule has 0 heterocycles. The van der Waals surface area contributed by atoms with Crippen LogP contribution in [0.1, 0.15) is 25.5 Å². The van der Waals surface area contributed by atoms with E-state index >= 15 is 0 Å². The zero-order valence-corrected chi connectivity index (χ0v) is 12.8. The Morgan fingerprint density at radius 2 is 2.05 bits per heavy atom. The molecule has 0 aliphatic rings. The number of carbonyl (C=O) groups excluding carboxylic acids is 1. The van der Waals surface area contributed by atoms with Gasteiger partial charge in [0.05, 0.1) is 23.5 Å². The van der Waals surface area contributed by atoms with E-state index < -0.39 is 22.3 Å². The normalized spacial score (nSPS) is 12.2. The molecule has 1 atom stereocenters. The van der Waals surface area contributed by atoms with Crippen LogP contribution < -0.4 is 5.73 Å². The highest BCUT2D eigenvalue weighted by molar-refractivity contribution is 6.30. The number of methoxy groups -OCH3 is 1. The zero-order chi connectivity index (χ0) is 14.8. The van der Waals surface area contributed by atoms with Crippen molar-refractivity contribution in [1.82, 2.24) is 0 Å². The Kier molecular flexibility index (Phi) is 6.40. The van der Waals surface area contributed by atoms with Gasteiger partial charge in [0.1, 0.15) is 0 Å². The molecular formula is C12H16Cl2N2O4. The van der Waals surface area contributed by atoms with Gasteiger partial charge >= 0.3 is 5.97 Å². The van der Waals surface area contributed by atoms with Gasteiger partial charge in [0.15, 0.2) is 0 Å². The number of nitrogens with two attached hydrogens (primary N) is 1. The number of halogens is 2. The lowest BCUT2D eigenvalue weighted by atomic mass is 9.80. The van der Waals surface area contributed by atoms with Crippen LogP contribution in [0, 0.1) is 15.5 Å². The Hall–Kier alpha value is -1.37. The molecule has 0 fully saturated rings. The maximum Gasteiger partial charge on any atom is 0.313 e. The van der Waals surface area contributed by atoms with Crippen molar-refractivity contribution in [3.63, 3.8) is 0 Å². The third-order valence-electron chi connectivity index (χ3n) is 3.01. The molecule has 112 valence electrons. The maximum absolute atomic E-state index is 11.7. The summed E-state index contributed by atoms with van der Waals surface area (Å²) in [5, 5.41) is 11.3. The molecule has 0 saturated carbocycles. The van der Waals surface area contributed by atoms with Crippen LogP contribution in [0.5, 0.6) is 0 Å². The summed E-state index contributed by atoms with van der Waals surface area (Å²) in [6.45, 7) is 3.13. The zero-order valence-electron chi connectivity index (χ0n) is 11.3. The fraction of sp³-hybridized carbons (Fsp3) is 0.417. The van der Waals surface area contributed by atoms with Gasteiger partial charge in [0, 0.05) is 16.7 Å². The summed E-state index contributed by atoms with van der Waals surface area (Å²) in [6, 6.07) is 3.17. The van der Waals surface area contributed by atoms with Gasteiger partial charge in [0.2, 0.25) is 0 Å². The average Bonchev–Trinajstić information content (AvgIpc) is 2.36. The standard InChI is InChI=1S/C12H15ClN2O4.ClH/c1-12(2,11(16)19-3)10(14)8-6-7(13)4-5-9(8)15(17)18;/h4-6,10H,14H2,1-3H3;1H/t10-;/m0./s1. The number of hydrogen-bond acceptors (Lipinski definition) is 5. The van der Waals surface area contributed by atoms with E-state index in [9.17, 15) is 14.9 Å². The fourth-order valence-corrected chi connectivity index (χ4v) is 1.90. The number of nitrogens with zero attached hydrogens (tertiary/aromatic N) is 1. The molecule has 0 aliphatic heterocycles. The molecule has 0 radical (unpaired) electrons. The molecule has 2 N–H and O–H groups in total. The minimum absolute atomic E-state index is 0. The van der Waals surface area contributed by atoms with Gasteiger partial charge in [0.25, 0.3) is 5.69 Å². The van der Waals surface area contributed by atoms with Crippen molar-refractivity contribution in [3.05, 3.63) is 38.9 Å². The van der Waals surface area contributed by atoms with Crippen molar-refractivity contribution in [2.24, 2.45) is 11.1 Å². The van der Waals surface area contributed by atoms with Crippen LogP contribution in [0.4, 0.5) is 5.69 Å². The summed E-state index contributed by atoms with van der Waals surface area (Å²) in [4.78, 5) is 22.1. The van der Waals surface area contributed by atoms with Gasteiger partial charge < -0.3 is 10.5 Å². The molecule has 0 amide bonds. The fourth-order valence-electron chi connectivity index (χ4n) is 1.72. The predicted molar refractivity (Wildman–Crippen MR) is 78.1 cm³/mol. The van der Waals surface area contributed by atoms with Crippen molar-refractivity contribution < 1.29 is 14.5 Å². The number of benzene rings is 1. The lowest BCUT2D eigenvalue weighted by Crippen LogP contribution is -2.37. The van der Waals surface area contributed by atoms with Gasteiger partial charge in [-0.25, -0.2) is 0 Å². The molecule has 20 heavy (non-hydrogen) atoms. The van der Waals surface area contributed by atoms with E-state index in [0.29, 0.717) is 5.02 Å². The molecule has 0 aliphatic carbocycles. The molecule has 1 aromatic rings. The van der Waals surface area contributed by atoms with E-state index in [2.05, 4.69) is 4.74 Å². The molecule has 0 saturated heterocycles. The van der Waals surface area contributed by atoms with Crippen LogP contribution in [-0.4, -0.2) is 18.0 Å². The number of esters is 1. The van der Waals surface area contributed by atoms with Crippen LogP contribution >= 0.6 is 24.0 Å².